The third-order valence-electron chi connectivity index (χ3n) is 5.44. The van der Waals surface area contributed by atoms with Crippen LogP contribution in [0.4, 0.5) is 22.5 Å². The summed E-state index contributed by atoms with van der Waals surface area (Å²) in [5.41, 5.74) is 1.82. The monoisotopic (exact) mass is 456 g/mol. The number of para-hydroxylation sites is 1. The molecule has 160 valence electrons. The molecule has 0 aliphatic carbocycles. The van der Waals surface area contributed by atoms with Crippen molar-refractivity contribution < 1.29 is 9.53 Å². The van der Waals surface area contributed by atoms with Gasteiger partial charge >= 0.3 is 0 Å². The van der Waals surface area contributed by atoms with E-state index in [4.69, 9.17) is 16.3 Å². The molecule has 2 N–H and O–H groups in total. The fourth-order valence-electron chi connectivity index (χ4n) is 3.79. The van der Waals surface area contributed by atoms with Crippen LogP contribution in [0.5, 0.6) is 0 Å². The van der Waals surface area contributed by atoms with Gasteiger partial charge in [-0.05, 0) is 25.5 Å². The number of nitrogens with one attached hydrogen (secondary N) is 2. The summed E-state index contributed by atoms with van der Waals surface area (Å²) in [4.78, 5) is 28.7. The third kappa shape index (κ3) is 3.96. The van der Waals surface area contributed by atoms with Gasteiger partial charge in [0.15, 0.2) is 5.13 Å². The van der Waals surface area contributed by atoms with Crippen molar-refractivity contribution in [1.29, 1.82) is 0 Å². The normalized spacial score (nSPS) is 16.5. The van der Waals surface area contributed by atoms with Crippen molar-refractivity contribution in [3.8, 4) is 0 Å². The fraction of sp³-hybridized carbons (Fsp3) is 0.333. The summed E-state index contributed by atoms with van der Waals surface area (Å²) < 4.78 is 5.34. The zero-order valence-electron chi connectivity index (χ0n) is 17.1. The summed E-state index contributed by atoms with van der Waals surface area (Å²) in [6.45, 7) is 7.32. The van der Waals surface area contributed by atoms with Crippen molar-refractivity contribution >= 4 is 51.3 Å². The molecule has 0 bridgehead atoms. The molecule has 2 aromatic heterocycles. The lowest BCUT2D eigenvalue weighted by Crippen LogP contribution is -2.66. The predicted molar refractivity (Wildman–Crippen MR) is 122 cm³/mol. The molecule has 8 nitrogen and oxygen atoms in total. The quantitative estimate of drug-likeness (QED) is 0.598. The second-order valence-electron chi connectivity index (χ2n) is 8.05. The van der Waals surface area contributed by atoms with Gasteiger partial charge < -0.3 is 20.3 Å². The van der Waals surface area contributed by atoms with Crippen LogP contribution >= 0.6 is 22.9 Å². The summed E-state index contributed by atoms with van der Waals surface area (Å²) >= 11 is 7.46. The van der Waals surface area contributed by atoms with Crippen molar-refractivity contribution in [2.45, 2.75) is 13.8 Å². The Labute approximate surface area is 188 Å². The van der Waals surface area contributed by atoms with Crippen LogP contribution in [-0.4, -0.2) is 47.2 Å². The van der Waals surface area contributed by atoms with Crippen LogP contribution in [0.25, 0.3) is 0 Å². The van der Waals surface area contributed by atoms with Gasteiger partial charge in [-0.2, -0.15) is 0 Å². The van der Waals surface area contributed by atoms with Crippen LogP contribution in [0.3, 0.4) is 0 Å². The number of thiazole rings is 1. The van der Waals surface area contributed by atoms with Crippen molar-refractivity contribution in [1.82, 2.24) is 15.0 Å². The number of rotatable bonds is 5. The molecular formula is C21H21ClN6O2S. The standard InChI is InChI=1S/C21H21ClN6O2S/c1-12-4-3-5-14(22)18(12)27-19(29)15-7-23-20(31-15)26-16-6-17(25-13(2)24-16)28-8-21(9-28)10-30-11-21/h3-7H,8-11H2,1-2H3,(H,27,29)(H,23,24,25,26). The highest BCUT2D eigenvalue weighted by Gasteiger charge is 2.49. The van der Waals surface area contributed by atoms with Gasteiger partial charge in [0.25, 0.3) is 5.91 Å². The average Bonchev–Trinajstić information content (AvgIpc) is 3.10. The Bertz CT molecular complexity index is 1130. The number of aromatic nitrogens is 3. The number of hydrogen-bond acceptors (Lipinski definition) is 8. The molecule has 3 aromatic rings. The Hall–Kier alpha value is -2.75. The number of carbonyl (C=O) groups is 1. The maximum atomic E-state index is 12.7. The van der Waals surface area contributed by atoms with Crippen molar-refractivity contribution in [3.05, 3.63) is 51.7 Å². The van der Waals surface area contributed by atoms with E-state index in [0.29, 0.717) is 37.8 Å². The molecule has 0 atom stereocenters. The summed E-state index contributed by atoms with van der Waals surface area (Å²) in [7, 11) is 0. The minimum Gasteiger partial charge on any atom is -0.380 e. The average molecular weight is 457 g/mol. The molecule has 1 spiro atoms. The number of amides is 1. The predicted octanol–water partition coefficient (Wildman–Crippen LogP) is 4.04. The van der Waals surface area contributed by atoms with Crippen LogP contribution in [0.15, 0.2) is 30.5 Å². The first-order chi connectivity index (χ1) is 14.9. The maximum absolute atomic E-state index is 12.7. The minimum absolute atomic E-state index is 0.255. The number of anilines is 4. The van der Waals surface area contributed by atoms with Crippen LogP contribution in [0.1, 0.15) is 21.1 Å². The molecule has 2 fully saturated rings. The Balaban J connectivity index is 1.28. The highest BCUT2D eigenvalue weighted by molar-refractivity contribution is 7.17. The molecule has 2 aliphatic rings. The van der Waals surface area contributed by atoms with Gasteiger partial charge in [-0.25, -0.2) is 15.0 Å². The first kappa shape index (κ1) is 20.2. The zero-order valence-corrected chi connectivity index (χ0v) is 18.7. The summed E-state index contributed by atoms with van der Waals surface area (Å²) in [6, 6.07) is 7.40. The van der Waals surface area contributed by atoms with E-state index in [1.165, 1.54) is 11.3 Å². The Kier molecular flexibility index (Phi) is 5.04. The number of carbonyl (C=O) groups excluding carboxylic acids is 1. The topological polar surface area (TPSA) is 92.3 Å². The second-order valence-corrected chi connectivity index (χ2v) is 9.49. The van der Waals surface area contributed by atoms with E-state index < -0.39 is 0 Å². The van der Waals surface area contributed by atoms with E-state index in [0.717, 1.165) is 37.7 Å². The lowest BCUT2D eigenvalue weighted by Gasteiger charge is -2.55. The van der Waals surface area contributed by atoms with E-state index in [1.54, 1.807) is 12.3 Å². The lowest BCUT2D eigenvalue weighted by molar-refractivity contribution is -0.127. The van der Waals surface area contributed by atoms with Gasteiger partial charge in [0.05, 0.1) is 35.5 Å². The first-order valence-electron chi connectivity index (χ1n) is 9.89. The smallest absolute Gasteiger partial charge is 0.267 e. The number of halogens is 1. The Morgan fingerprint density at radius 1 is 1.26 bits per heavy atom. The number of hydrogen-bond donors (Lipinski definition) is 2. The molecule has 31 heavy (non-hydrogen) atoms. The summed E-state index contributed by atoms with van der Waals surface area (Å²) in [5, 5.41) is 7.15. The van der Waals surface area contributed by atoms with Crippen LogP contribution in [0.2, 0.25) is 5.02 Å². The van der Waals surface area contributed by atoms with E-state index in [9.17, 15) is 4.79 Å². The largest absolute Gasteiger partial charge is 0.380 e. The van der Waals surface area contributed by atoms with Gasteiger partial charge in [-0.3, -0.25) is 4.79 Å². The molecular weight excluding hydrogens is 436 g/mol. The molecule has 2 aliphatic heterocycles. The highest BCUT2D eigenvalue weighted by atomic mass is 35.5. The van der Waals surface area contributed by atoms with Crippen LogP contribution in [0, 0.1) is 19.3 Å². The number of benzene rings is 1. The van der Waals surface area contributed by atoms with Gasteiger partial charge in [0, 0.05) is 19.2 Å². The fourth-order valence-corrected chi connectivity index (χ4v) is 4.78. The summed E-state index contributed by atoms with van der Waals surface area (Å²) in [6.07, 6.45) is 1.54. The van der Waals surface area contributed by atoms with E-state index >= 15 is 0 Å². The number of nitrogens with zero attached hydrogens (tertiary/aromatic N) is 4. The molecule has 4 heterocycles. The van der Waals surface area contributed by atoms with Crippen LogP contribution in [-0.2, 0) is 4.74 Å². The first-order valence-corrected chi connectivity index (χ1v) is 11.1. The van der Waals surface area contributed by atoms with Crippen LogP contribution < -0.4 is 15.5 Å². The molecule has 2 saturated heterocycles. The molecule has 1 aromatic carbocycles. The third-order valence-corrected chi connectivity index (χ3v) is 6.67. The van der Waals surface area contributed by atoms with Crippen molar-refractivity contribution in [3.63, 3.8) is 0 Å². The van der Waals surface area contributed by atoms with Gasteiger partial charge in [-0.1, -0.05) is 35.1 Å². The lowest BCUT2D eigenvalue weighted by atomic mass is 9.78. The summed E-state index contributed by atoms with van der Waals surface area (Å²) in [5.74, 6) is 1.96. The van der Waals surface area contributed by atoms with E-state index in [-0.39, 0.29) is 5.91 Å². The van der Waals surface area contributed by atoms with Gasteiger partial charge in [-0.15, -0.1) is 0 Å². The molecule has 0 unspecified atom stereocenters. The minimum atomic E-state index is -0.255. The molecule has 0 radical (unpaired) electrons. The SMILES string of the molecule is Cc1nc(Nc2ncc(C(=O)Nc3c(C)cccc3Cl)s2)cc(N2CC3(COC3)C2)n1. The maximum Gasteiger partial charge on any atom is 0.267 e. The second kappa shape index (κ2) is 7.74. The molecule has 10 heteroatoms. The van der Waals surface area contributed by atoms with E-state index in [1.807, 2.05) is 32.0 Å². The van der Waals surface area contributed by atoms with Crippen molar-refractivity contribution in [2.75, 3.05) is 41.8 Å². The van der Waals surface area contributed by atoms with E-state index in [2.05, 4.69) is 30.5 Å². The van der Waals surface area contributed by atoms with Gasteiger partial charge in [0.1, 0.15) is 22.3 Å². The van der Waals surface area contributed by atoms with Gasteiger partial charge in [0.2, 0.25) is 0 Å². The molecule has 1 amide bonds. The van der Waals surface area contributed by atoms with Crippen molar-refractivity contribution in [2.24, 2.45) is 5.41 Å². The highest BCUT2D eigenvalue weighted by Crippen LogP contribution is 2.40. The Morgan fingerprint density at radius 2 is 2.06 bits per heavy atom. The zero-order chi connectivity index (χ0) is 21.6. The molecule has 5 rings (SSSR count). The number of ether oxygens (including phenoxy) is 1. The Morgan fingerprint density at radius 3 is 2.77 bits per heavy atom. The molecule has 0 saturated carbocycles. The number of aryl methyl sites for hydroxylation is 2.